The minimum Gasteiger partial charge on any atom is -0.459 e. The summed E-state index contributed by atoms with van der Waals surface area (Å²) in [6, 6.07) is -0.677. The highest BCUT2D eigenvalue weighted by Gasteiger charge is 2.27. The third kappa shape index (κ3) is 2.76. The van der Waals surface area contributed by atoms with E-state index in [9.17, 15) is 9.59 Å². The van der Waals surface area contributed by atoms with E-state index in [1.54, 1.807) is 0 Å². The SMILES string of the molecule is CCCC1CC(=CNC(N)=O)C(=O)O1. The number of esters is 1. The van der Waals surface area contributed by atoms with E-state index in [1.807, 2.05) is 6.92 Å². The fourth-order valence-electron chi connectivity index (χ4n) is 1.36. The molecule has 1 heterocycles. The molecule has 1 saturated heterocycles. The number of nitrogens with two attached hydrogens (primary N) is 1. The molecule has 1 atom stereocenters. The minimum atomic E-state index is -0.677. The van der Waals surface area contributed by atoms with Crippen molar-refractivity contribution in [2.24, 2.45) is 5.73 Å². The van der Waals surface area contributed by atoms with Crippen molar-refractivity contribution in [2.75, 3.05) is 0 Å². The molecule has 5 heteroatoms. The number of cyclic esters (lactones) is 1. The third-order valence-corrected chi connectivity index (χ3v) is 1.98. The zero-order chi connectivity index (χ0) is 10.6. The van der Waals surface area contributed by atoms with Crippen molar-refractivity contribution in [2.45, 2.75) is 32.3 Å². The Morgan fingerprint density at radius 3 is 3.07 bits per heavy atom. The first-order valence-electron chi connectivity index (χ1n) is 4.59. The lowest BCUT2D eigenvalue weighted by Crippen LogP contribution is -2.25. The second kappa shape index (κ2) is 4.64. The van der Waals surface area contributed by atoms with Gasteiger partial charge in [-0.05, 0) is 6.42 Å². The average molecular weight is 198 g/mol. The van der Waals surface area contributed by atoms with E-state index >= 15 is 0 Å². The van der Waals surface area contributed by atoms with E-state index in [2.05, 4.69) is 5.32 Å². The molecule has 0 saturated carbocycles. The van der Waals surface area contributed by atoms with Gasteiger partial charge >= 0.3 is 12.0 Å². The van der Waals surface area contributed by atoms with Crippen LogP contribution in [-0.4, -0.2) is 18.1 Å². The molecule has 0 radical (unpaired) electrons. The van der Waals surface area contributed by atoms with E-state index < -0.39 is 6.03 Å². The molecule has 1 rings (SSSR count). The molecule has 0 aromatic carbocycles. The molecule has 0 aromatic rings. The molecule has 0 aromatic heterocycles. The van der Waals surface area contributed by atoms with Crippen LogP contribution >= 0.6 is 0 Å². The van der Waals surface area contributed by atoms with Crippen LogP contribution in [0.15, 0.2) is 11.8 Å². The smallest absolute Gasteiger partial charge is 0.335 e. The summed E-state index contributed by atoms with van der Waals surface area (Å²) in [5.74, 6) is -0.364. The monoisotopic (exact) mass is 198 g/mol. The van der Waals surface area contributed by atoms with Crippen LogP contribution in [0.25, 0.3) is 0 Å². The van der Waals surface area contributed by atoms with Gasteiger partial charge in [0.1, 0.15) is 6.10 Å². The predicted molar refractivity (Wildman–Crippen MR) is 50.2 cm³/mol. The van der Waals surface area contributed by atoms with Gasteiger partial charge in [0.25, 0.3) is 0 Å². The number of hydrogen-bond donors (Lipinski definition) is 2. The van der Waals surface area contributed by atoms with Gasteiger partial charge in [-0.25, -0.2) is 9.59 Å². The van der Waals surface area contributed by atoms with Gasteiger partial charge in [-0.1, -0.05) is 13.3 Å². The van der Waals surface area contributed by atoms with Crippen molar-refractivity contribution >= 4 is 12.0 Å². The molecule has 0 bridgehead atoms. The summed E-state index contributed by atoms with van der Waals surface area (Å²) < 4.78 is 5.05. The van der Waals surface area contributed by atoms with Gasteiger partial charge in [0, 0.05) is 12.6 Å². The Morgan fingerprint density at radius 1 is 1.79 bits per heavy atom. The van der Waals surface area contributed by atoms with Crippen molar-refractivity contribution in [1.82, 2.24) is 5.32 Å². The average Bonchev–Trinajstić information content (AvgIpc) is 2.44. The normalized spacial score (nSPS) is 23.6. The van der Waals surface area contributed by atoms with Gasteiger partial charge < -0.3 is 15.8 Å². The highest BCUT2D eigenvalue weighted by Crippen LogP contribution is 2.22. The van der Waals surface area contributed by atoms with Crippen molar-refractivity contribution in [3.63, 3.8) is 0 Å². The molecule has 0 aliphatic carbocycles. The first-order chi connectivity index (χ1) is 6.63. The fraction of sp³-hybridized carbons (Fsp3) is 0.556. The maximum Gasteiger partial charge on any atom is 0.335 e. The highest BCUT2D eigenvalue weighted by molar-refractivity contribution is 5.91. The molecule has 14 heavy (non-hydrogen) atoms. The molecule has 2 amide bonds. The number of carbonyl (C=O) groups excluding carboxylic acids is 2. The van der Waals surface area contributed by atoms with Crippen LogP contribution in [0.4, 0.5) is 4.79 Å². The zero-order valence-electron chi connectivity index (χ0n) is 8.08. The minimum absolute atomic E-state index is 0.0478. The number of carbonyl (C=O) groups is 2. The highest BCUT2D eigenvalue weighted by atomic mass is 16.5. The molecular formula is C9H14N2O3. The number of primary amides is 1. The van der Waals surface area contributed by atoms with Crippen LogP contribution in [0.2, 0.25) is 0 Å². The Bertz CT molecular complexity index is 273. The topological polar surface area (TPSA) is 81.4 Å². The van der Waals surface area contributed by atoms with Crippen LogP contribution < -0.4 is 11.1 Å². The standard InChI is InChI=1S/C9H14N2O3/c1-2-3-7-4-6(8(12)14-7)5-11-9(10)13/h5,7H,2-4H2,1H3,(H3,10,11,13). The van der Waals surface area contributed by atoms with Gasteiger partial charge in [-0.15, -0.1) is 0 Å². The number of rotatable bonds is 3. The lowest BCUT2D eigenvalue weighted by atomic mass is 10.1. The van der Waals surface area contributed by atoms with E-state index in [-0.39, 0.29) is 12.1 Å². The summed E-state index contributed by atoms with van der Waals surface area (Å²) >= 11 is 0. The Labute approximate surface area is 82.3 Å². The third-order valence-electron chi connectivity index (χ3n) is 1.98. The molecule has 78 valence electrons. The van der Waals surface area contributed by atoms with Gasteiger partial charge in [0.2, 0.25) is 0 Å². The quantitative estimate of drug-likeness (QED) is 0.516. The number of hydrogen-bond acceptors (Lipinski definition) is 3. The predicted octanol–water partition coefficient (Wildman–Crippen LogP) is 0.654. The van der Waals surface area contributed by atoms with Crippen molar-refractivity contribution in [1.29, 1.82) is 0 Å². The molecule has 1 aliphatic rings. The van der Waals surface area contributed by atoms with Crippen molar-refractivity contribution in [3.8, 4) is 0 Å². The second-order valence-electron chi connectivity index (χ2n) is 3.20. The summed E-state index contributed by atoms with van der Waals surface area (Å²) in [7, 11) is 0. The summed E-state index contributed by atoms with van der Waals surface area (Å²) in [6.45, 7) is 2.03. The Morgan fingerprint density at radius 2 is 2.50 bits per heavy atom. The van der Waals surface area contributed by atoms with Crippen LogP contribution in [0.5, 0.6) is 0 Å². The van der Waals surface area contributed by atoms with E-state index in [1.165, 1.54) is 6.20 Å². The van der Waals surface area contributed by atoms with Gasteiger partial charge in [-0.3, -0.25) is 0 Å². The maximum atomic E-state index is 11.2. The molecule has 1 fully saturated rings. The van der Waals surface area contributed by atoms with E-state index in [0.29, 0.717) is 12.0 Å². The number of amides is 2. The Kier molecular flexibility index (Phi) is 3.50. The summed E-state index contributed by atoms with van der Waals surface area (Å²) in [4.78, 5) is 21.6. The number of ether oxygens (including phenoxy) is 1. The maximum absolute atomic E-state index is 11.2. The number of nitrogens with one attached hydrogen (secondary N) is 1. The van der Waals surface area contributed by atoms with Crippen LogP contribution in [-0.2, 0) is 9.53 Å². The van der Waals surface area contributed by atoms with Crippen molar-refractivity contribution < 1.29 is 14.3 Å². The largest absolute Gasteiger partial charge is 0.459 e. The summed E-state index contributed by atoms with van der Waals surface area (Å²) in [5, 5.41) is 2.26. The van der Waals surface area contributed by atoms with Crippen molar-refractivity contribution in [3.05, 3.63) is 11.8 Å². The van der Waals surface area contributed by atoms with Crippen LogP contribution in [0, 0.1) is 0 Å². The first kappa shape index (κ1) is 10.6. The van der Waals surface area contributed by atoms with Gasteiger partial charge in [0.15, 0.2) is 0 Å². The zero-order valence-corrected chi connectivity index (χ0v) is 8.08. The lowest BCUT2D eigenvalue weighted by Gasteiger charge is -2.04. The summed E-state index contributed by atoms with van der Waals surface area (Å²) in [5.41, 5.74) is 5.34. The molecular weight excluding hydrogens is 184 g/mol. The van der Waals surface area contributed by atoms with Crippen LogP contribution in [0.1, 0.15) is 26.2 Å². The van der Waals surface area contributed by atoms with Gasteiger partial charge in [-0.2, -0.15) is 0 Å². The van der Waals surface area contributed by atoms with E-state index in [0.717, 1.165) is 12.8 Å². The molecule has 1 unspecified atom stereocenters. The van der Waals surface area contributed by atoms with Crippen LogP contribution in [0.3, 0.4) is 0 Å². The second-order valence-corrected chi connectivity index (χ2v) is 3.20. The Hall–Kier alpha value is -1.52. The molecule has 5 nitrogen and oxygen atoms in total. The molecule has 1 aliphatic heterocycles. The first-order valence-corrected chi connectivity index (χ1v) is 4.59. The molecule has 3 N–H and O–H groups in total. The summed E-state index contributed by atoms with van der Waals surface area (Å²) in [6.07, 6.45) is 3.63. The van der Waals surface area contributed by atoms with Gasteiger partial charge in [0.05, 0.1) is 5.57 Å². The lowest BCUT2D eigenvalue weighted by molar-refractivity contribution is -0.139. The fourth-order valence-corrected chi connectivity index (χ4v) is 1.36. The number of urea groups is 1. The van der Waals surface area contributed by atoms with E-state index in [4.69, 9.17) is 10.5 Å². The Balaban J connectivity index is 2.51. The molecule has 0 spiro atoms.